The summed E-state index contributed by atoms with van der Waals surface area (Å²) in [4.78, 5) is 27.4. The standard InChI is InChI=1S/C18H17NO3S/c20-17(19-9-3-6-14(19)18(21)22)15-10-12-8-7-11-4-1-2-5-13(11)16(12)23-15/h1-2,4-5,10,14H,3,6-9H2,(H,21,22)/t14-/m0/s1. The molecule has 1 saturated heterocycles. The molecule has 0 unspecified atom stereocenters. The van der Waals surface area contributed by atoms with Gasteiger partial charge in [0, 0.05) is 11.4 Å². The first-order chi connectivity index (χ1) is 11.1. The number of carboxylic acid groups (broad SMARTS) is 1. The van der Waals surface area contributed by atoms with Crippen molar-refractivity contribution in [1.82, 2.24) is 4.90 Å². The van der Waals surface area contributed by atoms with Crippen LogP contribution < -0.4 is 0 Å². The van der Waals surface area contributed by atoms with Crippen molar-refractivity contribution < 1.29 is 14.7 Å². The molecule has 1 aromatic carbocycles. The maximum Gasteiger partial charge on any atom is 0.326 e. The Morgan fingerprint density at radius 1 is 1.17 bits per heavy atom. The summed E-state index contributed by atoms with van der Waals surface area (Å²) >= 11 is 1.50. The molecule has 1 amide bonds. The van der Waals surface area contributed by atoms with Gasteiger partial charge in [0.25, 0.3) is 5.91 Å². The van der Waals surface area contributed by atoms with Crippen LogP contribution in [0.1, 0.15) is 33.6 Å². The second kappa shape index (κ2) is 5.49. The summed E-state index contributed by atoms with van der Waals surface area (Å²) in [7, 11) is 0. The van der Waals surface area contributed by atoms with Crippen molar-refractivity contribution >= 4 is 23.2 Å². The van der Waals surface area contributed by atoms with E-state index in [1.54, 1.807) is 0 Å². The smallest absolute Gasteiger partial charge is 0.326 e. The number of thiophene rings is 1. The van der Waals surface area contributed by atoms with Crippen LogP contribution in [0.2, 0.25) is 0 Å². The number of fused-ring (bicyclic) bond motifs is 3. The lowest BCUT2D eigenvalue weighted by molar-refractivity contribution is -0.141. The first-order valence-electron chi connectivity index (χ1n) is 7.90. The van der Waals surface area contributed by atoms with E-state index in [2.05, 4.69) is 12.1 Å². The molecule has 118 valence electrons. The lowest BCUT2D eigenvalue weighted by Gasteiger charge is -2.20. The molecule has 2 heterocycles. The Balaban J connectivity index is 1.69. The van der Waals surface area contributed by atoms with Crippen LogP contribution in [-0.2, 0) is 17.6 Å². The highest BCUT2D eigenvalue weighted by Gasteiger charge is 2.35. The van der Waals surface area contributed by atoms with Gasteiger partial charge in [-0.3, -0.25) is 4.79 Å². The number of hydrogen-bond acceptors (Lipinski definition) is 3. The second-order valence-electron chi connectivity index (χ2n) is 6.12. The van der Waals surface area contributed by atoms with Gasteiger partial charge in [-0.15, -0.1) is 11.3 Å². The fourth-order valence-corrected chi connectivity index (χ4v) is 4.81. The molecule has 0 saturated carbocycles. The highest BCUT2D eigenvalue weighted by molar-refractivity contribution is 7.17. The molecule has 1 aliphatic carbocycles. The maximum absolute atomic E-state index is 12.8. The number of nitrogens with zero attached hydrogens (tertiary/aromatic N) is 1. The first-order valence-corrected chi connectivity index (χ1v) is 8.71. The topological polar surface area (TPSA) is 57.6 Å². The molecule has 0 spiro atoms. The molecule has 4 rings (SSSR count). The fraction of sp³-hybridized carbons (Fsp3) is 0.333. The van der Waals surface area contributed by atoms with Crippen molar-refractivity contribution in [1.29, 1.82) is 0 Å². The quantitative estimate of drug-likeness (QED) is 0.921. The summed E-state index contributed by atoms with van der Waals surface area (Å²) in [6.45, 7) is 0.537. The van der Waals surface area contributed by atoms with Crippen molar-refractivity contribution in [2.45, 2.75) is 31.7 Å². The monoisotopic (exact) mass is 327 g/mol. The molecule has 1 N–H and O–H groups in total. The van der Waals surface area contributed by atoms with E-state index in [1.807, 2.05) is 18.2 Å². The number of carbonyl (C=O) groups excluding carboxylic acids is 1. The van der Waals surface area contributed by atoms with E-state index in [4.69, 9.17) is 0 Å². The highest BCUT2D eigenvalue weighted by atomic mass is 32.1. The molecular formula is C18H17NO3S. The maximum atomic E-state index is 12.8. The molecule has 1 aliphatic heterocycles. The number of benzene rings is 1. The molecule has 2 aliphatic rings. The molecular weight excluding hydrogens is 310 g/mol. The number of rotatable bonds is 2. The van der Waals surface area contributed by atoms with E-state index in [-0.39, 0.29) is 5.91 Å². The Bertz CT molecular complexity index is 795. The van der Waals surface area contributed by atoms with E-state index in [0.29, 0.717) is 17.8 Å². The van der Waals surface area contributed by atoms with Crippen LogP contribution in [-0.4, -0.2) is 34.5 Å². The zero-order valence-corrected chi connectivity index (χ0v) is 13.4. The zero-order chi connectivity index (χ0) is 16.0. The van der Waals surface area contributed by atoms with Crippen LogP contribution >= 0.6 is 11.3 Å². The van der Waals surface area contributed by atoms with Crippen molar-refractivity contribution in [3.63, 3.8) is 0 Å². The molecule has 0 radical (unpaired) electrons. The van der Waals surface area contributed by atoms with Gasteiger partial charge in [-0.25, -0.2) is 4.79 Å². The van der Waals surface area contributed by atoms with Crippen LogP contribution in [0.4, 0.5) is 0 Å². The number of amides is 1. The van der Waals surface area contributed by atoms with Gasteiger partial charge in [-0.2, -0.15) is 0 Å². The van der Waals surface area contributed by atoms with Gasteiger partial charge >= 0.3 is 5.97 Å². The van der Waals surface area contributed by atoms with Gasteiger partial charge in [-0.05, 0) is 48.4 Å². The molecule has 1 aromatic heterocycles. The Morgan fingerprint density at radius 2 is 1.96 bits per heavy atom. The third-order valence-electron chi connectivity index (χ3n) is 4.74. The Hall–Kier alpha value is -2.14. The van der Waals surface area contributed by atoms with Crippen molar-refractivity contribution in [2.75, 3.05) is 6.54 Å². The minimum Gasteiger partial charge on any atom is -0.480 e. The fourth-order valence-electron chi connectivity index (χ4n) is 3.59. The van der Waals surface area contributed by atoms with Gasteiger partial charge in [-0.1, -0.05) is 24.3 Å². The molecule has 2 aromatic rings. The Kier molecular flexibility index (Phi) is 3.45. The number of aliphatic carboxylic acids is 1. The number of carbonyl (C=O) groups is 2. The van der Waals surface area contributed by atoms with Crippen molar-refractivity contribution in [2.24, 2.45) is 0 Å². The average molecular weight is 327 g/mol. The summed E-state index contributed by atoms with van der Waals surface area (Å²) in [6.07, 6.45) is 3.25. The van der Waals surface area contributed by atoms with Gasteiger partial charge in [0.2, 0.25) is 0 Å². The number of hydrogen-bond donors (Lipinski definition) is 1. The average Bonchev–Trinajstić information content (AvgIpc) is 3.21. The molecule has 1 atom stereocenters. The van der Waals surface area contributed by atoms with Crippen LogP contribution in [0.5, 0.6) is 0 Å². The largest absolute Gasteiger partial charge is 0.480 e. The molecule has 0 bridgehead atoms. The lowest BCUT2D eigenvalue weighted by Crippen LogP contribution is -2.40. The molecule has 23 heavy (non-hydrogen) atoms. The van der Waals surface area contributed by atoms with Crippen LogP contribution in [0.3, 0.4) is 0 Å². The Morgan fingerprint density at radius 3 is 2.78 bits per heavy atom. The summed E-state index contributed by atoms with van der Waals surface area (Å²) in [6, 6.07) is 9.61. The summed E-state index contributed by atoms with van der Waals surface area (Å²) in [5.74, 6) is -1.03. The second-order valence-corrected chi connectivity index (χ2v) is 7.17. The van der Waals surface area contributed by atoms with E-state index in [1.165, 1.54) is 37.8 Å². The van der Waals surface area contributed by atoms with E-state index < -0.39 is 12.0 Å². The van der Waals surface area contributed by atoms with E-state index in [9.17, 15) is 14.7 Å². The molecule has 5 heteroatoms. The Labute approximate surface area is 138 Å². The predicted molar refractivity (Wildman–Crippen MR) is 88.9 cm³/mol. The van der Waals surface area contributed by atoms with Crippen LogP contribution in [0.15, 0.2) is 30.3 Å². The third kappa shape index (κ3) is 2.36. The van der Waals surface area contributed by atoms with E-state index in [0.717, 1.165) is 19.3 Å². The number of likely N-dealkylation sites (tertiary alicyclic amines) is 1. The van der Waals surface area contributed by atoms with Crippen LogP contribution in [0.25, 0.3) is 10.4 Å². The summed E-state index contributed by atoms with van der Waals surface area (Å²) in [5, 5.41) is 9.28. The molecule has 4 nitrogen and oxygen atoms in total. The lowest BCUT2D eigenvalue weighted by atomic mass is 9.91. The summed E-state index contributed by atoms with van der Waals surface area (Å²) < 4.78 is 0. The van der Waals surface area contributed by atoms with Crippen LogP contribution in [0, 0.1) is 0 Å². The number of aryl methyl sites for hydroxylation is 2. The minimum absolute atomic E-state index is 0.133. The number of carboxylic acids is 1. The summed E-state index contributed by atoms with van der Waals surface area (Å²) in [5.41, 5.74) is 3.75. The van der Waals surface area contributed by atoms with Gasteiger partial charge < -0.3 is 10.0 Å². The first kappa shape index (κ1) is 14.5. The normalized spacial score (nSPS) is 19.3. The van der Waals surface area contributed by atoms with Crippen molar-refractivity contribution in [3.8, 4) is 10.4 Å². The SMILES string of the molecule is O=C(O)[C@@H]1CCCN1C(=O)c1cc2c(s1)-c1ccccc1CC2. The van der Waals surface area contributed by atoms with Gasteiger partial charge in [0.05, 0.1) is 4.88 Å². The van der Waals surface area contributed by atoms with Crippen molar-refractivity contribution in [3.05, 3.63) is 46.3 Å². The predicted octanol–water partition coefficient (Wildman–Crippen LogP) is 3.20. The zero-order valence-electron chi connectivity index (χ0n) is 12.6. The van der Waals surface area contributed by atoms with E-state index >= 15 is 0 Å². The molecule has 1 fully saturated rings. The van der Waals surface area contributed by atoms with Gasteiger partial charge in [0.1, 0.15) is 6.04 Å². The highest BCUT2D eigenvalue weighted by Crippen LogP contribution is 2.40. The third-order valence-corrected chi connectivity index (χ3v) is 5.94. The van der Waals surface area contributed by atoms with Gasteiger partial charge in [0.15, 0.2) is 0 Å². The minimum atomic E-state index is -0.900.